The minimum absolute atomic E-state index is 0.427. The Kier molecular flexibility index (Phi) is 2.68. The third-order valence-electron chi connectivity index (χ3n) is 3.24. The monoisotopic (exact) mass is 257 g/mol. The first-order chi connectivity index (χ1) is 8.66. The van der Waals surface area contributed by atoms with Crippen LogP contribution < -0.4 is 0 Å². The predicted molar refractivity (Wildman–Crippen MR) is 75.4 cm³/mol. The number of rotatable bonds is 1. The molecule has 0 aliphatic carbocycles. The second kappa shape index (κ2) is 4.22. The average Bonchev–Trinajstić information content (AvgIpc) is 2.38. The molecule has 0 saturated heterocycles. The summed E-state index contributed by atoms with van der Waals surface area (Å²) in [6.45, 7) is 4.26. The van der Waals surface area contributed by atoms with Crippen molar-refractivity contribution in [3.8, 4) is 0 Å². The second-order valence-electron chi connectivity index (χ2n) is 4.78. The Morgan fingerprint density at radius 3 is 2.61 bits per heavy atom. The lowest BCUT2D eigenvalue weighted by Gasteiger charge is -2.04. The third-order valence-corrected chi connectivity index (χ3v) is 4.37. The van der Waals surface area contributed by atoms with Crippen LogP contribution in [0.25, 0.3) is 21.5 Å². The summed E-state index contributed by atoms with van der Waals surface area (Å²) in [6, 6.07) is 13.9. The summed E-state index contributed by atoms with van der Waals surface area (Å²) >= 11 is 0. The lowest BCUT2D eigenvalue weighted by Crippen LogP contribution is -1.86. The van der Waals surface area contributed by atoms with Crippen LogP contribution in [0.3, 0.4) is 0 Å². The van der Waals surface area contributed by atoms with E-state index in [1.807, 2.05) is 30.3 Å². The van der Waals surface area contributed by atoms with Crippen LogP contribution in [0.2, 0.25) is 0 Å². The highest BCUT2D eigenvalue weighted by molar-refractivity contribution is 7.37. The van der Waals surface area contributed by atoms with Crippen LogP contribution in [0.1, 0.15) is 25.3 Å². The lowest BCUT2D eigenvalue weighted by molar-refractivity contribution is 0.563. The predicted octanol–water partition coefficient (Wildman–Crippen LogP) is 5.45. The summed E-state index contributed by atoms with van der Waals surface area (Å²) < 4.78 is 17.7. The molecule has 3 aromatic rings. The van der Waals surface area contributed by atoms with Gasteiger partial charge >= 0.3 is 7.65 Å². The Labute approximate surface area is 106 Å². The minimum atomic E-state index is -1.79. The molecule has 3 rings (SSSR count). The molecule has 0 bridgehead atoms. The highest BCUT2D eigenvalue weighted by Gasteiger charge is 2.17. The topological polar surface area (TPSA) is 30.2 Å². The van der Waals surface area contributed by atoms with Gasteiger partial charge in [-0.3, -0.25) is 0 Å². The molecule has 1 unspecified atom stereocenters. The second-order valence-corrected chi connectivity index (χ2v) is 5.95. The molecule has 0 saturated carbocycles. The molecule has 2 aromatic carbocycles. The molecule has 1 atom stereocenters. The van der Waals surface area contributed by atoms with Gasteiger partial charge in [0.25, 0.3) is 0 Å². The van der Waals surface area contributed by atoms with E-state index in [-0.39, 0.29) is 0 Å². The van der Waals surface area contributed by atoms with Gasteiger partial charge in [-0.15, -0.1) is 0 Å². The SMILES string of the molecule is CC(C)c1ccc2c3ccccc3o[p+](=O)c2c1. The smallest absolute Gasteiger partial charge is 0.250 e. The summed E-state index contributed by atoms with van der Waals surface area (Å²) in [4.78, 5) is 0. The fourth-order valence-electron chi connectivity index (χ4n) is 2.19. The lowest BCUT2D eigenvalue weighted by atomic mass is 10.0. The number of hydrogen-bond acceptors (Lipinski definition) is 2. The standard InChI is InChI=1S/C15H14O2P/c1-10(2)11-7-8-13-12-5-3-4-6-14(12)17-18(16)15(13)9-11/h3-10H,1-2H3/q+1. The molecule has 0 N–H and O–H groups in total. The van der Waals surface area contributed by atoms with E-state index >= 15 is 0 Å². The highest BCUT2D eigenvalue weighted by Crippen LogP contribution is 2.36. The Hall–Kier alpha value is -1.66. The molecule has 0 radical (unpaired) electrons. The zero-order valence-electron chi connectivity index (χ0n) is 10.4. The van der Waals surface area contributed by atoms with E-state index in [1.165, 1.54) is 5.56 Å². The van der Waals surface area contributed by atoms with Gasteiger partial charge in [0.1, 0.15) is 0 Å². The van der Waals surface area contributed by atoms with E-state index in [2.05, 4.69) is 26.0 Å². The zero-order valence-corrected chi connectivity index (χ0v) is 11.3. The Balaban J connectivity index is 2.48. The van der Waals surface area contributed by atoms with Crippen molar-refractivity contribution in [1.29, 1.82) is 0 Å². The van der Waals surface area contributed by atoms with Gasteiger partial charge < -0.3 is 0 Å². The van der Waals surface area contributed by atoms with Crippen molar-refractivity contribution in [2.45, 2.75) is 19.8 Å². The van der Waals surface area contributed by atoms with Crippen molar-refractivity contribution in [1.82, 2.24) is 0 Å². The van der Waals surface area contributed by atoms with Crippen molar-refractivity contribution in [3.63, 3.8) is 0 Å². The Morgan fingerprint density at radius 1 is 1.06 bits per heavy atom. The maximum Gasteiger partial charge on any atom is 0.597 e. The molecule has 0 fully saturated rings. The van der Waals surface area contributed by atoms with E-state index in [0.717, 1.165) is 15.9 Å². The number of fused-ring (bicyclic) bond motifs is 3. The number of hydrogen-bond donors (Lipinski definition) is 0. The zero-order chi connectivity index (χ0) is 12.7. The molecular formula is C15H14O2P+. The maximum atomic E-state index is 12.1. The summed E-state index contributed by atoms with van der Waals surface area (Å²) in [5.41, 5.74) is 1.91. The molecule has 0 spiro atoms. The Bertz CT molecular complexity index is 787. The van der Waals surface area contributed by atoms with E-state index in [1.54, 1.807) is 0 Å². The van der Waals surface area contributed by atoms with Crippen molar-refractivity contribution in [2.24, 2.45) is 0 Å². The van der Waals surface area contributed by atoms with Crippen LogP contribution in [-0.4, -0.2) is 0 Å². The van der Waals surface area contributed by atoms with Gasteiger partial charge in [-0.05, 0) is 34.2 Å². The number of para-hydroxylation sites is 1. The van der Waals surface area contributed by atoms with E-state index in [9.17, 15) is 4.57 Å². The van der Waals surface area contributed by atoms with Gasteiger partial charge in [-0.25, -0.2) is 4.20 Å². The normalized spacial score (nSPS) is 12.5. The van der Waals surface area contributed by atoms with Gasteiger partial charge in [0, 0.05) is 10.8 Å². The van der Waals surface area contributed by atoms with Crippen molar-refractivity contribution < 1.29 is 8.76 Å². The summed E-state index contributed by atoms with van der Waals surface area (Å²) in [5.74, 6) is 0.427. The Morgan fingerprint density at radius 2 is 1.83 bits per heavy atom. The van der Waals surface area contributed by atoms with E-state index in [4.69, 9.17) is 4.20 Å². The molecular weight excluding hydrogens is 243 g/mol. The average molecular weight is 257 g/mol. The first-order valence-corrected chi connectivity index (χ1v) is 7.23. The molecule has 90 valence electrons. The van der Waals surface area contributed by atoms with Crippen LogP contribution in [0.5, 0.6) is 0 Å². The van der Waals surface area contributed by atoms with Crippen LogP contribution in [-0.2, 0) is 4.57 Å². The van der Waals surface area contributed by atoms with Crippen molar-refractivity contribution >= 4 is 29.1 Å². The van der Waals surface area contributed by atoms with E-state index in [0.29, 0.717) is 11.5 Å². The van der Waals surface area contributed by atoms with Gasteiger partial charge in [-0.2, -0.15) is 0 Å². The van der Waals surface area contributed by atoms with Crippen LogP contribution in [0.15, 0.2) is 46.7 Å². The quantitative estimate of drug-likeness (QED) is 0.542. The van der Waals surface area contributed by atoms with Crippen LogP contribution >= 0.6 is 7.65 Å². The van der Waals surface area contributed by atoms with Crippen LogP contribution in [0, 0.1) is 0 Å². The number of benzene rings is 2. The molecule has 0 aliphatic rings. The molecule has 3 heteroatoms. The van der Waals surface area contributed by atoms with Gasteiger partial charge in [-0.1, -0.05) is 38.1 Å². The first-order valence-electron chi connectivity index (χ1n) is 6.05. The summed E-state index contributed by atoms with van der Waals surface area (Å²) in [7, 11) is -1.79. The summed E-state index contributed by atoms with van der Waals surface area (Å²) in [5, 5.41) is 2.87. The van der Waals surface area contributed by atoms with Gasteiger partial charge in [0.2, 0.25) is 5.12 Å². The van der Waals surface area contributed by atoms with Gasteiger partial charge in [0.05, 0.1) is 0 Å². The molecule has 18 heavy (non-hydrogen) atoms. The minimum Gasteiger partial charge on any atom is -0.250 e. The fourth-order valence-corrected chi connectivity index (χ4v) is 3.28. The molecule has 2 nitrogen and oxygen atoms in total. The first kappa shape index (κ1) is 11.4. The third kappa shape index (κ3) is 1.74. The van der Waals surface area contributed by atoms with Crippen LogP contribution in [0.4, 0.5) is 0 Å². The summed E-state index contributed by atoms with van der Waals surface area (Å²) in [6.07, 6.45) is 0. The largest absolute Gasteiger partial charge is 0.597 e. The highest BCUT2D eigenvalue weighted by atomic mass is 31.1. The van der Waals surface area contributed by atoms with Crippen molar-refractivity contribution in [3.05, 3.63) is 48.0 Å². The fraction of sp³-hybridized carbons (Fsp3) is 0.200. The molecule has 0 amide bonds. The molecule has 1 heterocycles. The van der Waals surface area contributed by atoms with Gasteiger partial charge in [0.15, 0.2) is 5.58 Å². The van der Waals surface area contributed by atoms with E-state index < -0.39 is 7.65 Å². The molecule has 1 aromatic heterocycles. The maximum absolute atomic E-state index is 12.1. The molecule has 0 aliphatic heterocycles. The van der Waals surface area contributed by atoms with Crippen molar-refractivity contribution in [2.75, 3.05) is 0 Å².